The first-order valence-electron chi connectivity index (χ1n) is 3.37. The standard InChI is InChI=1S/C7H4Cl2F2N2O/c8-2-1-13-5(9)4(6(10)11)3(2)7(12)14/h1,6H,(H2,12,14). The van der Waals surface area contributed by atoms with Crippen LogP contribution in [0.2, 0.25) is 10.2 Å². The van der Waals surface area contributed by atoms with Gasteiger partial charge in [-0.1, -0.05) is 23.2 Å². The number of pyridine rings is 1. The summed E-state index contributed by atoms with van der Waals surface area (Å²) in [5.74, 6) is -1.06. The Hall–Kier alpha value is -0.940. The SMILES string of the molecule is NC(=O)c1c(Cl)cnc(Cl)c1C(F)F. The predicted octanol–water partition coefficient (Wildman–Crippen LogP) is 2.42. The lowest BCUT2D eigenvalue weighted by atomic mass is 10.1. The zero-order chi connectivity index (χ0) is 10.9. The maximum absolute atomic E-state index is 12.4. The van der Waals surface area contributed by atoms with Crippen molar-refractivity contribution in [2.45, 2.75) is 6.43 Å². The number of nitrogens with two attached hydrogens (primary N) is 1. The number of hydrogen-bond donors (Lipinski definition) is 1. The third kappa shape index (κ3) is 1.93. The highest BCUT2D eigenvalue weighted by Crippen LogP contribution is 2.32. The molecule has 0 atom stereocenters. The van der Waals surface area contributed by atoms with Crippen LogP contribution in [0.4, 0.5) is 8.78 Å². The number of carbonyl (C=O) groups is 1. The quantitative estimate of drug-likeness (QED) is 0.808. The molecule has 14 heavy (non-hydrogen) atoms. The van der Waals surface area contributed by atoms with E-state index in [1.807, 2.05) is 0 Å². The smallest absolute Gasteiger partial charge is 0.267 e. The molecule has 7 heteroatoms. The van der Waals surface area contributed by atoms with Crippen molar-refractivity contribution in [3.63, 3.8) is 0 Å². The van der Waals surface area contributed by atoms with Crippen molar-refractivity contribution in [3.8, 4) is 0 Å². The topological polar surface area (TPSA) is 56.0 Å². The number of rotatable bonds is 2. The first-order chi connectivity index (χ1) is 6.45. The summed E-state index contributed by atoms with van der Waals surface area (Å²) in [6.45, 7) is 0. The van der Waals surface area contributed by atoms with E-state index in [1.165, 1.54) is 0 Å². The number of nitrogens with zero attached hydrogens (tertiary/aromatic N) is 1. The molecule has 0 fully saturated rings. The molecule has 1 aromatic heterocycles. The van der Waals surface area contributed by atoms with E-state index in [1.54, 1.807) is 0 Å². The lowest BCUT2D eigenvalue weighted by molar-refractivity contribution is 0.0986. The summed E-state index contributed by atoms with van der Waals surface area (Å²) in [4.78, 5) is 14.2. The number of halogens is 4. The number of aromatic nitrogens is 1. The average molecular weight is 241 g/mol. The molecule has 0 saturated carbocycles. The fourth-order valence-corrected chi connectivity index (χ4v) is 1.40. The number of primary amides is 1. The van der Waals surface area contributed by atoms with Gasteiger partial charge in [0.25, 0.3) is 12.3 Å². The third-order valence-corrected chi connectivity index (χ3v) is 2.07. The lowest BCUT2D eigenvalue weighted by Gasteiger charge is -2.08. The van der Waals surface area contributed by atoms with Crippen LogP contribution in [0.15, 0.2) is 6.20 Å². The third-order valence-electron chi connectivity index (χ3n) is 1.49. The molecule has 2 N–H and O–H groups in total. The highest BCUT2D eigenvalue weighted by atomic mass is 35.5. The van der Waals surface area contributed by atoms with Gasteiger partial charge in [-0.25, -0.2) is 13.8 Å². The zero-order valence-corrected chi connectivity index (χ0v) is 8.11. The Morgan fingerprint density at radius 2 is 2.07 bits per heavy atom. The second-order valence-electron chi connectivity index (χ2n) is 2.35. The summed E-state index contributed by atoms with van der Waals surface area (Å²) in [7, 11) is 0. The number of hydrogen-bond acceptors (Lipinski definition) is 2. The number of alkyl halides is 2. The Morgan fingerprint density at radius 3 is 2.43 bits per heavy atom. The van der Waals surface area contributed by atoms with Crippen LogP contribution in [0.5, 0.6) is 0 Å². The molecule has 1 heterocycles. The first-order valence-corrected chi connectivity index (χ1v) is 4.12. The Bertz CT molecular complexity index is 384. The molecule has 76 valence electrons. The second-order valence-corrected chi connectivity index (χ2v) is 3.12. The van der Waals surface area contributed by atoms with Crippen LogP contribution in [0.25, 0.3) is 0 Å². The van der Waals surface area contributed by atoms with E-state index in [0.717, 1.165) is 6.20 Å². The maximum Gasteiger partial charge on any atom is 0.267 e. The molecule has 3 nitrogen and oxygen atoms in total. The summed E-state index contributed by atoms with van der Waals surface area (Å²) < 4.78 is 24.9. The molecule has 1 rings (SSSR count). The molecule has 0 aromatic carbocycles. The van der Waals surface area contributed by atoms with Gasteiger partial charge in [0.15, 0.2) is 0 Å². The van der Waals surface area contributed by atoms with Crippen LogP contribution in [-0.4, -0.2) is 10.9 Å². The minimum absolute atomic E-state index is 0.239. The van der Waals surface area contributed by atoms with Crippen LogP contribution in [0, 0.1) is 0 Å². The highest BCUT2D eigenvalue weighted by molar-refractivity contribution is 6.35. The van der Waals surface area contributed by atoms with Gasteiger partial charge >= 0.3 is 0 Å². The zero-order valence-electron chi connectivity index (χ0n) is 6.60. The summed E-state index contributed by atoms with van der Waals surface area (Å²) in [5.41, 5.74) is 3.66. The van der Waals surface area contributed by atoms with E-state index in [0.29, 0.717) is 0 Å². The van der Waals surface area contributed by atoms with Gasteiger partial charge < -0.3 is 5.73 Å². The van der Waals surface area contributed by atoms with Gasteiger partial charge in [-0.15, -0.1) is 0 Å². The van der Waals surface area contributed by atoms with E-state index in [2.05, 4.69) is 4.98 Å². The molecular formula is C7H4Cl2F2N2O. The van der Waals surface area contributed by atoms with Crippen LogP contribution < -0.4 is 5.73 Å². The molecule has 0 aliphatic rings. The van der Waals surface area contributed by atoms with Crippen molar-refractivity contribution >= 4 is 29.1 Å². The Labute approximate surface area is 87.8 Å². The molecule has 1 amide bonds. The van der Waals surface area contributed by atoms with Crippen LogP contribution in [-0.2, 0) is 0 Å². The van der Waals surface area contributed by atoms with Crippen molar-refractivity contribution in [3.05, 3.63) is 27.5 Å². The normalized spacial score (nSPS) is 10.6. The Kier molecular flexibility index (Phi) is 3.23. The molecule has 0 saturated heterocycles. The van der Waals surface area contributed by atoms with Gasteiger partial charge in [-0.3, -0.25) is 4.79 Å². The molecular weight excluding hydrogens is 237 g/mol. The first kappa shape index (κ1) is 11.1. The van der Waals surface area contributed by atoms with Crippen LogP contribution >= 0.6 is 23.2 Å². The van der Waals surface area contributed by atoms with Gasteiger partial charge in [0, 0.05) is 6.20 Å². The van der Waals surface area contributed by atoms with Crippen molar-refractivity contribution in [2.24, 2.45) is 5.73 Å². The van der Waals surface area contributed by atoms with Crippen LogP contribution in [0.1, 0.15) is 22.3 Å². The summed E-state index contributed by atoms with van der Waals surface area (Å²) >= 11 is 10.9. The molecule has 0 aliphatic carbocycles. The minimum atomic E-state index is -2.95. The fraction of sp³-hybridized carbons (Fsp3) is 0.143. The number of amides is 1. The van der Waals surface area contributed by atoms with Crippen molar-refractivity contribution in [2.75, 3.05) is 0 Å². The van der Waals surface area contributed by atoms with Gasteiger partial charge in [0.1, 0.15) is 5.15 Å². The van der Waals surface area contributed by atoms with E-state index in [9.17, 15) is 13.6 Å². The van der Waals surface area contributed by atoms with E-state index in [-0.39, 0.29) is 5.02 Å². The van der Waals surface area contributed by atoms with Gasteiger partial charge in [-0.2, -0.15) is 0 Å². The molecule has 0 aliphatic heterocycles. The van der Waals surface area contributed by atoms with Crippen LogP contribution in [0.3, 0.4) is 0 Å². The predicted molar refractivity (Wildman–Crippen MR) is 47.7 cm³/mol. The lowest BCUT2D eigenvalue weighted by Crippen LogP contribution is -2.15. The van der Waals surface area contributed by atoms with Gasteiger partial charge in [-0.05, 0) is 0 Å². The molecule has 0 spiro atoms. The maximum atomic E-state index is 12.4. The summed E-state index contributed by atoms with van der Waals surface area (Å²) in [5, 5.41) is -0.713. The Balaban J connectivity index is 3.50. The average Bonchev–Trinajstić information content (AvgIpc) is 2.07. The van der Waals surface area contributed by atoms with E-state index >= 15 is 0 Å². The van der Waals surface area contributed by atoms with Gasteiger partial charge in [0.05, 0.1) is 16.1 Å². The summed E-state index contributed by atoms with van der Waals surface area (Å²) in [6, 6.07) is 0. The minimum Gasteiger partial charge on any atom is -0.366 e. The largest absolute Gasteiger partial charge is 0.366 e. The van der Waals surface area contributed by atoms with Gasteiger partial charge in [0.2, 0.25) is 0 Å². The van der Waals surface area contributed by atoms with E-state index in [4.69, 9.17) is 28.9 Å². The van der Waals surface area contributed by atoms with E-state index < -0.39 is 28.6 Å². The molecule has 1 aromatic rings. The fourth-order valence-electron chi connectivity index (χ4n) is 0.929. The van der Waals surface area contributed by atoms with Crippen molar-refractivity contribution in [1.82, 2.24) is 4.98 Å². The molecule has 0 bridgehead atoms. The van der Waals surface area contributed by atoms with Crippen molar-refractivity contribution in [1.29, 1.82) is 0 Å². The molecule has 0 radical (unpaired) electrons. The highest BCUT2D eigenvalue weighted by Gasteiger charge is 2.23. The monoisotopic (exact) mass is 240 g/mol. The molecule has 0 unspecified atom stereocenters. The number of carbonyl (C=O) groups excluding carboxylic acids is 1. The second kappa shape index (κ2) is 4.06. The summed E-state index contributed by atoms with van der Waals surface area (Å²) in [6.07, 6.45) is -1.95. The van der Waals surface area contributed by atoms with Crippen molar-refractivity contribution < 1.29 is 13.6 Å². The Morgan fingerprint density at radius 1 is 1.50 bits per heavy atom.